The van der Waals surface area contributed by atoms with Crippen molar-refractivity contribution >= 4 is 11.9 Å². The Kier molecular flexibility index (Phi) is 25.9. The van der Waals surface area contributed by atoms with Crippen molar-refractivity contribution in [2.45, 2.75) is 155 Å². The van der Waals surface area contributed by atoms with Crippen LogP contribution in [0.1, 0.15) is 155 Å². The number of rotatable bonds is 25. The number of carbonyl (C=O) groups excluding carboxylic acids is 2. The van der Waals surface area contributed by atoms with Gasteiger partial charge in [-0.05, 0) is 38.5 Å². The lowest BCUT2D eigenvalue weighted by Crippen LogP contribution is -2.12. The molecule has 0 aliphatic carbocycles. The van der Waals surface area contributed by atoms with Crippen LogP contribution in [0.25, 0.3) is 0 Å². The van der Waals surface area contributed by atoms with Gasteiger partial charge in [0, 0.05) is 12.8 Å². The van der Waals surface area contributed by atoms with Crippen molar-refractivity contribution in [1.29, 1.82) is 0 Å². The van der Waals surface area contributed by atoms with Crippen LogP contribution >= 0.6 is 0 Å². The van der Waals surface area contributed by atoms with Crippen LogP contribution in [0.4, 0.5) is 0 Å². The minimum absolute atomic E-state index is 0.237. The minimum atomic E-state index is -0.267. The van der Waals surface area contributed by atoms with Gasteiger partial charge in [-0.25, -0.2) is 0 Å². The number of hydrogen-bond acceptors (Lipinski definition) is 4. The summed E-state index contributed by atoms with van der Waals surface area (Å²) < 4.78 is 10.0. The van der Waals surface area contributed by atoms with Gasteiger partial charge in [-0.2, -0.15) is 0 Å². The lowest BCUT2D eigenvalue weighted by atomic mass is 10.1. The van der Waals surface area contributed by atoms with E-state index < -0.39 is 0 Å². The molecule has 0 unspecified atom stereocenters. The lowest BCUT2D eigenvalue weighted by Gasteiger charge is -2.06. The third kappa shape index (κ3) is 26.8. The van der Waals surface area contributed by atoms with E-state index in [1.54, 1.807) is 0 Å². The Morgan fingerprint density at radius 1 is 0.485 bits per heavy atom. The first kappa shape index (κ1) is 31.7. The average Bonchev–Trinajstić information content (AvgIpc) is 2.81. The summed E-state index contributed by atoms with van der Waals surface area (Å²) in [6, 6.07) is 0. The fourth-order valence-electron chi connectivity index (χ4n) is 3.87. The van der Waals surface area contributed by atoms with Crippen molar-refractivity contribution in [2.24, 2.45) is 0 Å². The molecule has 0 aromatic heterocycles. The van der Waals surface area contributed by atoms with E-state index in [9.17, 15) is 9.59 Å². The molecule has 33 heavy (non-hydrogen) atoms. The Morgan fingerprint density at radius 3 is 1.21 bits per heavy atom. The summed E-state index contributed by atoms with van der Waals surface area (Å²) in [6.07, 6.45) is 29.8. The van der Waals surface area contributed by atoms with E-state index in [0.29, 0.717) is 12.8 Å². The van der Waals surface area contributed by atoms with E-state index in [2.05, 4.69) is 26.0 Å². The van der Waals surface area contributed by atoms with Crippen LogP contribution in [0.2, 0.25) is 0 Å². The van der Waals surface area contributed by atoms with Gasteiger partial charge in [-0.15, -0.1) is 0 Å². The predicted octanol–water partition coefficient (Wildman–Crippen LogP) is 9.21. The molecule has 4 heteroatoms. The summed E-state index contributed by atoms with van der Waals surface area (Å²) in [5.74, 6) is -0.534. The molecule has 0 fully saturated rings. The maximum Gasteiger partial charge on any atom is 0.308 e. The van der Waals surface area contributed by atoms with E-state index in [0.717, 1.165) is 32.1 Å². The second kappa shape index (κ2) is 26.9. The van der Waals surface area contributed by atoms with E-state index in [-0.39, 0.29) is 18.7 Å². The van der Waals surface area contributed by atoms with Crippen LogP contribution in [-0.2, 0) is 19.1 Å². The molecule has 0 rings (SSSR count). The first-order chi connectivity index (χ1) is 16.2. The van der Waals surface area contributed by atoms with Gasteiger partial charge in [0.15, 0.2) is 0 Å². The first-order valence-electron chi connectivity index (χ1n) is 14.2. The highest BCUT2D eigenvalue weighted by Crippen LogP contribution is 2.11. The predicted molar refractivity (Wildman–Crippen MR) is 139 cm³/mol. The molecule has 0 atom stereocenters. The maximum atomic E-state index is 11.7. The van der Waals surface area contributed by atoms with Crippen molar-refractivity contribution in [3.05, 3.63) is 12.2 Å². The summed E-state index contributed by atoms with van der Waals surface area (Å²) in [4.78, 5) is 23.4. The number of hydrogen-bond donors (Lipinski definition) is 0. The van der Waals surface area contributed by atoms with Gasteiger partial charge in [0.1, 0.15) is 0 Å². The molecule has 4 nitrogen and oxygen atoms in total. The summed E-state index contributed by atoms with van der Waals surface area (Å²) in [7, 11) is 0. The molecule has 0 aromatic carbocycles. The molecule has 0 bridgehead atoms. The number of unbranched alkanes of at least 4 members (excludes halogenated alkanes) is 17. The highest BCUT2D eigenvalue weighted by Gasteiger charge is 2.06. The van der Waals surface area contributed by atoms with Gasteiger partial charge in [0.05, 0.1) is 0 Å². The average molecular weight is 467 g/mol. The summed E-state index contributed by atoms with van der Waals surface area (Å²) >= 11 is 0. The van der Waals surface area contributed by atoms with E-state index in [1.165, 1.54) is 96.3 Å². The fraction of sp³-hybridized carbons (Fsp3) is 0.862. The zero-order chi connectivity index (χ0) is 24.2. The maximum absolute atomic E-state index is 11.7. The number of esters is 2. The van der Waals surface area contributed by atoms with Crippen LogP contribution in [0.3, 0.4) is 0 Å². The number of allylic oxidation sites excluding steroid dienone is 2. The molecule has 0 aliphatic rings. The van der Waals surface area contributed by atoms with Crippen LogP contribution < -0.4 is 0 Å². The molecule has 194 valence electrons. The van der Waals surface area contributed by atoms with Gasteiger partial charge in [-0.1, -0.05) is 116 Å². The van der Waals surface area contributed by atoms with Gasteiger partial charge < -0.3 is 9.47 Å². The van der Waals surface area contributed by atoms with Crippen LogP contribution in [0, 0.1) is 0 Å². The van der Waals surface area contributed by atoms with Crippen molar-refractivity contribution in [1.82, 2.24) is 0 Å². The fourth-order valence-corrected chi connectivity index (χ4v) is 3.87. The lowest BCUT2D eigenvalue weighted by molar-refractivity contribution is -0.167. The molecule has 0 N–H and O–H groups in total. The zero-order valence-electron chi connectivity index (χ0n) is 22.1. The van der Waals surface area contributed by atoms with E-state index >= 15 is 0 Å². The van der Waals surface area contributed by atoms with Crippen molar-refractivity contribution in [2.75, 3.05) is 6.79 Å². The Hall–Kier alpha value is -1.32. The van der Waals surface area contributed by atoms with E-state index in [4.69, 9.17) is 9.47 Å². The summed E-state index contributed by atoms with van der Waals surface area (Å²) in [6.45, 7) is 4.23. The molecule has 0 radical (unpaired) electrons. The topological polar surface area (TPSA) is 52.6 Å². The Balaban J connectivity index is 3.32. The Bertz CT molecular complexity index is 459. The van der Waals surface area contributed by atoms with Crippen molar-refractivity contribution in [3.63, 3.8) is 0 Å². The molecule has 0 aromatic rings. The molecular formula is C29H54O4. The minimum Gasteiger partial charge on any atom is -0.428 e. The Morgan fingerprint density at radius 2 is 0.818 bits per heavy atom. The third-order valence-corrected chi connectivity index (χ3v) is 6.07. The van der Waals surface area contributed by atoms with Gasteiger partial charge in [0.2, 0.25) is 6.79 Å². The number of carbonyl (C=O) groups is 2. The first-order valence-corrected chi connectivity index (χ1v) is 14.2. The zero-order valence-corrected chi connectivity index (χ0v) is 22.1. The second-order valence-corrected chi connectivity index (χ2v) is 9.36. The highest BCUT2D eigenvalue weighted by atomic mass is 16.7. The molecule has 0 aliphatic heterocycles. The largest absolute Gasteiger partial charge is 0.428 e. The normalized spacial score (nSPS) is 11.2. The molecule has 0 saturated carbocycles. The van der Waals surface area contributed by atoms with Crippen LogP contribution in [0.5, 0.6) is 0 Å². The van der Waals surface area contributed by atoms with Crippen molar-refractivity contribution < 1.29 is 19.1 Å². The van der Waals surface area contributed by atoms with Gasteiger partial charge >= 0.3 is 11.9 Å². The standard InChI is InChI=1S/C29H54O4/c1-3-5-7-9-11-12-13-14-15-16-17-18-20-22-24-26-29(31)33-27-32-28(30)25-23-21-19-10-8-6-4-2/h14-15H,3-13,16-27H2,1-2H3/b15-14-. The summed E-state index contributed by atoms with van der Waals surface area (Å²) in [5, 5.41) is 0. The van der Waals surface area contributed by atoms with E-state index in [1.807, 2.05) is 0 Å². The smallest absolute Gasteiger partial charge is 0.308 e. The molecule has 0 spiro atoms. The Labute approximate surface area is 205 Å². The van der Waals surface area contributed by atoms with Gasteiger partial charge in [0.25, 0.3) is 0 Å². The second-order valence-electron chi connectivity index (χ2n) is 9.36. The van der Waals surface area contributed by atoms with Crippen LogP contribution in [0.15, 0.2) is 12.2 Å². The molecular weight excluding hydrogens is 412 g/mol. The summed E-state index contributed by atoms with van der Waals surface area (Å²) in [5.41, 5.74) is 0. The van der Waals surface area contributed by atoms with Crippen molar-refractivity contribution in [3.8, 4) is 0 Å². The molecule has 0 amide bonds. The molecule has 0 saturated heterocycles. The third-order valence-electron chi connectivity index (χ3n) is 6.07. The quantitative estimate of drug-likeness (QED) is 0.0582. The highest BCUT2D eigenvalue weighted by molar-refractivity contribution is 5.70. The monoisotopic (exact) mass is 466 g/mol. The van der Waals surface area contributed by atoms with Crippen LogP contribution in [-0.4, -0.2) is 18.7 Å². The molecule has 0 heterocycles. The SMILES string of the molecule is CCCCCCCC/C=C\CCCCCCCC(=O)OCOC(=O)CCCCCCCCC. The number of ether oxygens (including phenoxy) is 2. The van der Waals surface area contributed by atoms with Gasteiger partial charge in [-0.3, -0.25) is 9.59 Å².